The van der Waals surface area contributed by atoms with Gasteiger partial charge in [0.25, 0.3) is 5.91 Å². The number of nitrogens with two attached hydrogens (primary N) is 1. The normalized spacial score (nSPS) is 10.1. The van der Waals surface area contributed by atoms with Gasteiger partial charge >= 0.3 is 6.03 Å². The summed E-state index contributed by atoms with van der Waals surface area (Å²) in [4.78, 5) is 25.6. The summed E-state index contributed by atoms with van der Waals surface area (Å²) in [6.45, 7) is 0. The lowest BCUT2D eigenvalue weighted by Gasteiger charge is -2.19. The molecule has 6 heteroatoms. The van der Waals surface area contributed by atoms with Crippen LogP contribution >= 0.6 is 24.2 Å². The van der Waals surface area contributed by atoms with Gasteiger partial charge in [-0.3, -0.25) is 4.79 Å². The van der Waals surface area contributed by atoms with E-state index in [9.17, 15) is 9.59 Å². The summed E-state index contributed by atoms with van der Waals surface area (Å²) in [6.07, 6.45) is 0. The first-order valence-electron chi connectivity index (χ1n) is 5.68. The largest absolute Gasteiger partial charge is 0.351 e. The van der Waals surface area contributed by atoms with Gasteiger partial charge in [0.1, 0.15) is 0 Å². The highest BCUT2D eigenvalue weighted by Crippen LogP contribution is 2.22. The minimum absolute atomic E-state index is 0.211. The highest BCUT2D eigenvalue weighted by molar-refractivity contribution is 7.80. The molecule has 2 N–H and O–H groups in total. The Balaban J connectivity index is 2.44. The molecule has 0 aromatic heterocycles. The maximum absolute atomic E-state index is 12.4. The Bertz CT molecular complexity index is 658. The summed E-state index contributed by atoms with van der Waals surface area (Å²) >= 11 is 10.1. The predicted molar refractivity (Wildman–Crippen MR) is 81.5 cm³/mol. The standard InChI is InChI=1S/C14H11ClN2O2S/c15-12-4-2-1-3-11(12)13(18)17(14(16)19)9-5-7-10(20)8-6-9/h1-8,20H,(H2,16,19). The van der Waals surface area contributed by atoms with Gasteiger partial charge in [-0.05, 0) is 36.4 Å². The van der Waals surface area contributed by atoms with Crippen LogP contribution in [-0.4, -0.2) is 11.9 Å². The molecule has 0 bridgehead atoms. The average Bonchev–Trinajstić information content (AvgIpc) is 2.41. The summed E-state index contributed by atoms with van der Waals surface area (Å²) < 4.78 is 0. The van der Waals surface area contributed by atoms with Crippen molar-refractivity contribution in [2.45, 2.75) is 4.90 Å². The van der Waals surface area contributed by atoms with Crippen molar-refractivity contribution >= 4 is 41.9 Å². The zero-order valence-electron chi connectivity index (χ0n) is 10.3. The van der Waals surface area contributed by atoms with Crippen molar-refractivity contribution in [3.05, 3.63) is 59.1 Å². The van der Waals surface area contributed by atoms with Crippen LogP contribution in [0, 0.1) is 0 Å². The Morgan fingerprint density at radius 2 is 1.65 bits per heavy atom. The first kappa shape index (κ1) is 14.4. The van der Waals surface area contributed by atoms with Crippen LogP contribution in [0.5, 0.6) is 0 Å². The number of thiol groups is 1. The SMILES string of the molecule is NC(=O)N(C(=O)c1ccccc1Cl)c1ccc(S)cc1. The van der Waals surface area contributed by atoms with Crippen molar-refractivity contribution in [1.82, 2.24) is 0 Å². The Morgan fingerprint density at radius 1 is 1.05 bits per heavy atom. The third kappa shape index (κ3) is 2.95. The van der Waals surface area contributed by atoms with E-state index in [4.69, 9.17) is 17.3 Å². The zero-order chi connectivity index (χ0) is 14.7. The van der Waals surface area contributed by atoms with Crippen LogP contribution in [0.1, 0.15) is 10.4 Å². The highest BCUT2D eigenvalue weighted by Gasteiger charge is 2.24. The second kappa shape index (κ2) is 5.98. The zero-order valence-corrected chi connectivity index (χ0v) is 11.9. The Kier molecular flexibility index (Phi) is 4.32. The van der Waals surface area contributed by atoms with Gasteiger partial charge in [-0.1, -0.05) is 23.7 Å². The first-order chi connectivity index (χ1) is 9.50. The maximum Gasteiger partial charge on any atom is 0.326 e. The van der Waals surface area contributed by atoms with E-state index in [1.165, 1.54) is 6.07 Å². The van der Waals surface area contributed by atoms with Gasteiger partial charge in [0.15, 0.2) is 0 Å². The summed E-state index contributed by atoms with van der Waals surface area (Å²) in [7, 11) is 0. The van der Waals surface area contributed by atoms with E-state index < -0.39 is 11.9 Å². The molecule has 2 rings (SSSR count). The minimum atomic E-state index is -0.873. The quantitative estimate of drug-likeness (QED) is 0.836. The van der Waals surface area contributed by atoms with Gasteiger partial charge in [-0.2, -0.15) is 0 Å². The lowest BCUT2D eigenvalue weighted by Crippen LogP contribution is -2.41. The van der Waals surface area contributed by atoms with Gasteiger partial charge in [0, 0.05) is 4.90 Å². The molecule has 0 aliphatic carbocycles. The second-order valence-corrected chi connectivity index (χ2v) is 4.90. The van der Waals surface area contributed by atoms with Crippen LogP contribution in [0.2, 0.25) is 5.02 Å². The molecule has 0 radical (unpaired) electrons. The molecule has 2 aromatic rings. The monoisotopic (exact) mass is 306 g/mol. The molecular formula is C14H11ClN2O2S. The molecule has 0 saturated carbocycles. The first-order valence-corrected chi connectivity index (χ1v) is 6.50. The van der Waals surface area contributed by atoms with Gasteiger partial charge in [0.2, 0.25) is 0 Å². The molecule has 0 unspecified atom stereocenters. The summed E-state index contributed by atoms with van der Waals surface area (Å²) in [5, 5.41) is 0.259. The van der Waals surface area contributed by atoms with Crippen molar-refractivity contribution in [2.24, 2.45) is 5.73 Å². The van der Waals surface area contributed by atoms with E-state index in [0.29, 0.717) is 10.6 Å². The molecule has 20 heavy (non-hydrogen) atoms. The van der Waals surface area contributed by atoms with Crippen LogP contribution in [0.15, 0.2) is 53.4 Å². The van der Waals surface area contributed by atoms with E-state index >= 15 is 0 Å². The smallest absolute Gasteiger partial charge is 0.326 e. The van der Waals surface area contributed by atoms with Crippen LogP contribution in [0.25, 0.3) is 0 Å². The molecular weight excluding hydrogens is 296 g/mol. The number of nitrogens with zero attached hydrogens (tertiary/aromatic N) is 1. The van der Waals surface area contributed by atoms with Gasteiger partial charge in [-0.15, -0.1) is 12.6 Å². The number of carbonyl (C=O) groups excluding carboxylic acids is 2. The molecule has 4 nitrogen and oxygen atoms in total. The molecule has 102 valence electrons. The van der Waals surface area contributed by atoms with Crippen LogP contribution in [0.4, 0.5) is 10.5 Å². The summed E-state index contributed by atoms with van der Waals surface area (Å²) in [6, 6.07) is 12.1. The second-order valence-electron chi connectivity index (χ2n) is 3.98. The van der Waals surface area contributed by atoms with Crippen molar-refractivity contribution in [2.75, 3.05) is 4.90 Å². The molecule has 2 aromatic carbocycles. The molecule has 0 aliphatic heterocycles. The number of imide groups is 1. The molecule has 0 saturated heterocycles. The van der Waals surface area contributed by atoms with Crippen LogP contribution in [0.3, 0.4) is 0 Å². The Labute approximate surface area is 126 Å². The third-order valence-electron chi connectivity index (χ3n) is 2.64. The van der Waals surface area contributed by atoms with Crippen molar-refractivity contribution in [1.29, 1.82) is 0 Å². The molecule has 3 amide bonds. The molecule has 0 aliphatic rings. The minimum Gasteiger partial charge on any atom is -0.351 e. The number of hydrogen-bond acceptors (Lipinski definition) is 3. The van der Waals surface area contributed by atoms with Gasteiger partial charge < -0.3 is 5.73 Å². The van der Waals surface area contributed by atoms with E-state index in [1.54, 1.807) is 42.5 Å². The van der Waals surface area contributed by atoms with Crippen molar-refractivity contribution in [3.8, 4) is 0 Å². The lowest BCUT2D eigenvalue weighted by molar-refractivity contribution is 0.0995. The number of urea groups is 1. The molecule has 0 heterocycles. The predicted octanol–water partition coefficient (Wildman–Crippen LogP) is 3.35. The maximum atomic E-state index is 12.4. The fourth-order valence-corrected chi connectivity index (χ4v) is 2.07. The number of amides is 3. The van der Waals surface area contributed by atoms with E-state index in [2.05, 4.69) is 12.6 Å². The van der Waals surface area contributed by atoms with Crippen LogP contribution in [-0.2, 0) is 0 Å². The number of hydrogen-bond donors (Lipinski definition) is 2. The van der Waals surface area contributed by atoms with Crippen LogP contribution < -0.4 is 10.6 Å². The number of benzene rings is 2. The average molecular weight is 307 g/mol. The molecule has 0 fully saturated rings. The highest BCUT2D eigenvalue weighted by atomic mass is 35.5. The lowest BCUT2D eigenvalue weighted by atomic mass is 10.2. The van der Waals surface area contributed by atoms with Gasteiger partial charge in [0.05, 0.1) is 16.3 Å². The number of halogens is 1. The fraction of sp³-hybridized carbons (Fsp3) is 0. The number of carbonyl (C=O) groups is 2. The van der Waals surface area contributed by atoms with E-state index in [0.717, 1.165) is 4.90 Å². The summed E-state index contributed by atoms with van der Waals surface area (Å²) in [5.74, 6) is -0.574. The number of rotatable bonds is 2. The number of anilines is 1. The van der Waals surface area contributed by atoms with E-state index in [-0.39, 0.29) is 10.6 Å². The molecule has 0 spiro atoms. The Morgan fingerprint density at radius 3 is 2.20 bits per heavy atom. The van der Waals surface area contributed by atoms with Gasteiger partial charge in [-0.25, -0.2) is 9.69 Å². The van der Waals surface area contributed by atoms with E-state index in [1.807, 2.05) is 0 Å². The Hall–Kier alpha value is -1.98. The fourth-order valence-electron chi connectivity index (χ4n) is 1.70. The van der Waals surface area contributed by atoms with Crippen molar-refractivity contribution in [3.63, 3.8) is 0 Å². The molecule has 0 atom stereocenters. The topological polar surface area (TPSA) is 63.4 Å². The summed E-state index contributed by atoms with van der Waals surface area (Å²) in [5.41, 5.74) is 5.87. The number of primary amides is 1. The third-order valence-corrected chi connectivity index (χ3v) is 3.26. The van der Waals surface area contributed by atoms with Crippen molar-refractivity contribution < 1.29 is 9.59 Å².